The lowest BCUT2D eigenvalue weighted by Gasteiger charge is -2.17. The first-order valence-corrected chi connectivity index (χ1v) is 11.7. The number of halogens is 1. The molecule has 0 unspecified atom stereocenters. The molecule has 1 aromatic carbocycles. The summed E-state index contributed by atoms with van der Waals surface area (Å²) in [6.45, 7) is 0.806. The van der Waals surface area contributed by atoms with E-state index in [0.717, 1.165) is 29.6 Å². The van der Waals surface area contributed by atoms with E-state index in [2.05, 4.69) is 25.6 Å². The monoisotopic (exact) mass is 469 g/mol. The number of rotatable bonds is 4. The van der Waals surface area contributed by atoms with Crippen molar-refractivity contribution in [3.63, 3.8) is 0 Å². The van der Waals surface area contributed by atoms with E-state index in [1.807, 2.05) is 11.9 Å². The lowest BCUT2D eigenvalue weighted by Crippen LogP contribution is -2.26. The number of carbonyl (C=O) groups excluding carboxylic acids is 1. The molecule has 6 nitrogen and oxygen atoms in total. The van der Waals surface area contributed by atoms with Crippen LogP contribution in [-0.4, -0.2) is 38.7 Å². The zero-order valence-electron chi connectivity index (χ0n) is 14.8. The molecule has 1 fully saturated rings. The Kier molecular flexibility index (Phi) is 6.33. The second kappa shape index (κ2) is 8.53. The van der Waals surface area contributed by atoms with Crippen LogP contribution < -0.4 is 5.32 Å². The topological polar surface area (TPSA) is 78.8 Å². The maximum absolute atomic E-state index is 12.7. The van der Waals surface area contributed by atoms with Crippen molar-refractivity contribution >= 4 is 54.7 Å². The lowest BCUT2D eigenvalue weighted by molar-refractivity contribution is 0.102. The van der Waals surface area contributed by atoms with Crippen molar-refractivity contribution in [3.05, 3.63) is 45.1 Å². The van der Waals surface area contributed by atoms with Crippen LogP contribution in [0.5, 0.6) is 0 Å². The van der Waals surface area contributed by atoms with Gasteiger partial charge in [0.2, 0.25) is 0 Å². The quantitative estimate of drug-likeness (QED) is 0.721. The molecule has 1 N–H and O–H groups in total. The Morgan fingerprint density at radius 1 is 1.26 bits per heavy atom. The van der Waals surface area contributed by atoms with Gasteiger partial charge in [0.1, 0.15) is 5.84 Å². The highest BCUT2D eigenvalue weighted by Gasteiger charge is 2.19. The van der Waals surface area contributed by atoms with Gasteiger partial charge in [0.15, 0.2) is 0 Å². The Bertz CT molecular complexity index is 970. The third kappa shape index (κ3) is 5.18. The van der Waals surface area contributed by atoms with Crippen molar-refractivity contribution in [1.29, 1.82) is 0 Å². The number of thiophene rings is 1. The Hall–Kier alpha value is -1.71. The number of hydrogen-bond donors (Lipinski definition) is 1. The summed E-state index contributed by atoms with van der Waals surface area (Å²) in [7, 11) is -1.97. The molecule has 0 aliphatic carbocycles. The summed E-state index contributed by atoms with van der Waals surface area (Å²) in [5.74, 6) is 0.298. The first kappa shape index (κ1) is 20.0. The lowest BCUT2D eigenvalue weighted by atomic mass is 10.2. The van der Waals surface area contributed by atoms with Gasteiger partial charge in [-0.25, -0.2) is 0 Å². The minimum absolute atomic E-state index is 0.0666. The Labute approximate surface area is 171 Å². The standard InChI is InChI=1S/C18H20BrN3O3S2/c1-22-9-4-2-3-8-17(22)21-27(24,25)15-7-5-6-14(11-15)20-18(23)13-10-16(19)26-12-13/h5-7,10-12H,2-4,8-9H2,1H3,(H,20,23)/b21-17+. The van der Waals surface area contributed by atoms with Crippen LogP contribution in [0.4, 0.5) is 5.69 Å². The average molecular weight is 470 g/mol. The smallest absolute Gasteiger partial charge is 0.284 e. The molecular formula is C18H20BrN3O3S2. The summed E-state index contributed by atoms with van der Waals surface area (Å²) in [5, 5.41) is 4.46. The normalized spacial score (nSPS) is 17.0. The van der Waals surface area contributed by atoms with Crippen LogP contribution in [0.15, 0.2) is 48.8 Å². The van der Waals surface area contributed by atoms with E-state index in [1.165, 1.54) is 23.5 Å². The molecule has 0 spiro atoms. The number of anilines is 1. The van der Waals surface area contributed by atoms with Crippen LogP contribution in [0.25, 0.3) is 0 Å². The molecule has 1 amide bonds. The number of sulfonamides is 1. The first-order chi connectivity index (χ1) is 12.8. The largest absolute Gasteiger partial charge is 0.362 e. The number of nitrogens with zero attached hydrogens (tertiary/aromatic N) is 2. The minimum Gasteiger partial charge on any atom is -0.362 e. The van der Waals surface area contributed by atoms with Crippen molar-refractivity contribution in [2.24, 2.45) is 4.40 Å². The van der Waals surface area contributed by atoms with E-state index in [-0.39, 0.29) is 10.8 Å². The zero-order chi connectivity index (χ0) is 19.4. The molecule has 1 aliphatic heterocycles. The van der Waals surface area contributed by atoms with Crippen LogP contribution in [0, 0.1) is 0 Å². The summed E-state index contributed by atoms with van der Waals surface area (Å²) in [5.41, 5.74) is 0.929. The molecule has 1 saturated heterocycles. The molecule has 3 rings (SSSR count). The van der Waals surface area contributed by atoms with E-state index in [9.17, 15) is 13.2 Å². The fraction of sp³-hybridized carbons (Fsp3) is 0.333. The van der Waals surface area contributed by atoms with E-state index >= 15 is 0 Å². The molecular weight excluding hydrogens is 450 g/mol. The highest BCUT2D eigenvalue weighted by Crippen LogP contribution is 2.23. The molecule has 27 heavy (non-hydrogen) atoms. The molecule has 1 aliphatic rings. The SMILES string of the molecule is CN1CCCCC/C1=N\S(=O)(=O)c1cccc(NC(=O)c2csc(Br)c2)c1. The number of hydrogen-bond acceptors (Lipinski definition) is 4. The maximum atomic E-state index is 12.7. The van der Waals surface area contributed by atoms with E-state index in [0.29, 0.717) is 23.5 Å². The molecule has 1 aromatic heterocycles. The highest BCUT2D eigenvalue weighted by molar-refractivity contribution is 9.11. The molecule has 2 heterocycles. The molecule has 0 saturated carbocycles. The van der Waals surface area contributed by atoms with Crippen molar-refractivity contribution in [1.82, 2.24) is 4.90 Å². The van der Waals surface area contributed by atoms with Gasteiger partial charge in [0.05, 0.1) is 14.2 Å². The number of nitrogens with one attached hydrogen (secondary N) is 1. The Morgan fingerprint density at radius 2 is 2.07 bits per heavy atom. The summed E-state index contributed by atoms with van der Waals surface area (Å²) < 4.78 is 30.4. The fourth-order valence-electron chi connectivity index (χ4n) is 2.80. The van der Waals surface area contributed by atoms with Gasteiger partial charge >= 0.3 is 0 Å². The molecule has 0 atom stereocenters. The van der Waals surface area contributed by atoms with E-state index in [4.69, 9.17) is 0 Å². The second-order valence-electron chi connectivity index (χ2n) is 6.34. The molecule has 144 valence electrons. The third-order valence-corrected chi connectivity index (χ3v) is 7.08. The molecule has 0 radical (unpaired) electrons. The van der Waals surface area contributed by atoms with Gasteiger partial charge in [-0.2, -0.15) is 8.42 Å². The van der Waals surface area contributed by atoms with Gasteiger partial charge in [-0.1, -0.05) is 12.5 Å². The molecule has 0 bridgehead atoms. The van der Waals surface area contributed by atoms with E-state index in [1.54, 1.807) is 23.6 Å². The Balaban J connectivity index is 1.82. The summed E-state index contributed by atoms with van der Waals surface area (Å²) >= 11 is 4.73. The fourth-order valence-corrected chi connectivity index (χ4v) is 5.08. The van der Waals surface area contributed by atoms with Crippen LogP contribution in [0.1, 0.15) is 36.0 Å². The zero-order valence-corrected chi connectivity index (χ0v) is 18.0. The van der Waals surface area contributed by atoms with Crippen LogP contribution in [0.2, 0.25) is 0 Å². The number of amidine groups is 1. The third-order valence-electron chi connectivity index (χ3n) is 4.28. The second-order valence-corrected chi connectivity index (χ2v) is 10.2. The molecule has 2 aromatic rings. The minimum atomic E-state index is -3.84. The van der Waals surface area contributed by atoms with Crippen molar-refractivity contribution in [3.8, 4) is 0 Å². The summed E-state index contributed by atoms with van der Waals surface area (Å²) in [4.78, 5) is 14.3. The number of amides is 1. The molecule has 9 heteroatoms. The van der Waals surface area contributed by atoms with Crippen molar-refractivity contribution in [2.45, 2.75) is 30.6 Å². The van der Waals surface area contributed by atoms with Crippen LogP contribution >= 0.6 is 27.3 Å². The number of carbonyl (C=O) groups is 1. The number of benzene rings is 1. The van der Waals surface area contributed by atoms with Gasteiger partial charge < -0.3 is 10.2 Å². The maximum Gasteiger partial charge on any atom is 0.284 e. The van der Waals surface area contributed by atoms with Crippen LogP contribution in [0.3, 0.4) is 0 Å². The van der Waals surface area contributed by atoms with Gasteiger partial charge in [-0.15, -0.1) is 15.7 Å². The van der Waals surface area contributed by atoms with Gasteiger partial charge in [-0.05, 0) is 53.0 Å². The van der Waals surface area contributed by atoms with Gasteiger partial charge in [0, 0.05) is 31.1 Å². The predicted octanol–water partition coefficient (Wildman–Crippen LogP) is 4.36. The predicted molar refractivity (Wildman–Crippen MR) is 112 cm³/mol. The average Bonchev–Trinajstić information content (AvgIpc) is 2.97. The Morgan fingerprint density at radius 3 is 2.81 bits per heavy atom. The summed E-state index contributed by atoms with van der Waals surface area (Å²) in [6, 6.07) is 7.91. The van der Waals surface area contributed by atoms with Crippen LogP contribution in [-0.2, 0) is 10.0 Å². The highest BCUT2D eigenvalue weighted by atomic mass is 79.9. The van der Waals surface area contributed by atoms with Gasteiger partial charge in [-0.3, -0.25) is 4.79 Å². The number of likely N-dealkylation sites (tertiary alicyclic amines) is 1. The van der Waals surface area contributed by atoms with Crippen molar-refractivity contribution < 1.29 is 13.2 Å². The van der Waals surface area contributed by atoms with Gasteiger partial charge in [0.25, 0.3) is 15.9 Å². The van der Waals surface area contributed by atoms with E-state index < -0.39 is 10.0 Å². The van der Waals surface area contributed by atoms with Crippen molar-refractivity contribution in [2.75, 3.05) is 18.9 Å². The summed E-state index contributed by atoms with van der Waals surface area (Å²) in [6.07, 6.45) is 3.70. The first-order valence-electron chi connectivity index (χ1n) is 8.55.